The largest absolute Gasteiger partial charge is 0.387 e. The van der Waals surface area contributed by atoms with Crippen LogP contribution in [0.2, 0.25) is 0 Å². The van der Waals surface area contributed by atoms with Crippen molar-refractivity contribution in [3.8, 4) is 0 Å². The maximum absolute atomic E-state index is 11.9. The molecule has 2 aliphatic rings. The SMILES string of the molecule is CCCC1(O)C2(C)c3ccccc3C1(C)c1ccccc12. The fraction of sp³-hybridized carbons (Fsp3) is 0.400. The number of hydrogen-bond acceptors (Lipinski definition) is 1. The molecule has 0 aromatic heterocycles. The first-order valence-corrected chi connectivity index (χ1v) is 7.94. The van der Waals surface area contributed by atoms with Crippen LogP contribution in [0.1, 0.15) is 55.9 Å². The van der Waals surface area contributed by atoms with Gasteiger partial charge in [0, 0.05) is 10.8 Å². The molecule has 0 heterocycles. The summed E-state index contributed by atoms with van der Waals surface area (Å²) in [6.07, 6.45) is 1.81. The van der Waals surface area contributed by atoms with Gasteiger partial charge in [-0.2, -0.15) is 0 Å². The summed E-state index contributed by atoms with van der Waals surface area (Å²) in [4.78, 5) is 0. The maximum Gasteiger partial charge on any atom is 0.0915 e. The van der Waals surface area contributed by atoms with Gasteiger partial charge in [0.2, 0.25) is 0 Å². The normalized spacial score (nSPS) is 35.6. The van der Waals surface area contributed by atoms with Crippen molar-refractivity contribution in [2.24, 2.45) is 0 Å². The van der Waals surface area contributed by atoms with E-state index in [9.17, 15) is 5.11 Å². The van der Waals surface area contributed by atoms with Gasteiger partial charge in [-0.15, -0.1) is 0 Å². The lowest BCUT2D eigenvalue weighted by molar-refractivity contribution is -0.0435. The molecule has 0 spiro atoms. The third-order valence-electron chi connectivity index (χ3n) is 6.27. The highest BCUT2D eigenvalue weighted by atomic mass is 16.3. The van der Waals surface area contributed by atoms with E-state index in [1.54, 1.807) is 0 Å². The molecule has 2 aromatic rings. The van der Waals surface area contributed by atoms with Gasteiger partial charge in [0.25, 0.3) is 0 Å². The fourth-order valence-corrected chi connectivity index (χ4v) is 5.25. The van der Waals surface area contributed by atoms with Crippen molar-refractivity contribution in [3.63, 3.8) is 0 Å². The summed E-state index contributed by atoms with van der Waals surface area (Å²) in [7, 11) is 0. The highest BCUT2D eigenvalue weighted by Crippen LogP contribution is 2.69. The summed E-state index contributed by atoms with van der Waals surface area (Å²) in [5.41, 5.74) is 3.89. The first-order valence-electron chi connectivity index (χ1n) is 7.94. The van der Waals surface area contributed by atoms with Crippen LogP contribution < -0.4 is 0 Å². The molecule has 2 bridgehead atoms. The number of benzene rings is 2. The highest BCUT2D eigenvalue weighted by molar-refractivity contribution is 5.70. The van der Waals surface area contributed by atoms with Gasteiger partial charge >= 0.3 is 0 Å². The van der Waals surface area contributed by atoms with Crippen LogP contribution in [0.3, 0.4) is 0 Å². The third kappa shape index (κ3) is 1.12. The van der Waals surface area contributed by atoms with Crippen LogP contribution in [0.25, 0.3) is 0 Å². The second-order valence-electron chi connectivity index (χ2n) is 6.95. The van der Waals surface area contributed by atoms with E-state index in [0.717, 1.165) is 12.8 Å². The van der Waals surface area contributed by atoms with Gasteiger partial charge in [0.15, 0.2) is 0 Å². The van der Waals surface area contributed by atoms with Crippen molar-refractivity contribution < 1.29 is 5.11 Å². The van der Waals surface area contributed by atoms with Crippen molar-refractivity contribution in [3.05, 3.63) is 70.8 Å². The van der Waals surface area contributed by atoms with E-state index in [1.807, 2.05) is 0 Å². The van der Waals surface area contributed by atoms with E-state index >= 15 is 0 Å². The summed E-state index contributed by atoms with van der Waals surface area (Å²) in [5, 5.41) is 11.9. The Hall–Kier alpha value is -1.60. The minimum absolute atomic E-state index is 0.301. The van der Waals surface area contributed by atoms with Crippen LogP contribution in [0, 0.1) is 0 Å². The molecule has 0 aliphatic heterocycles. The second kappa shape index (κ2) is 3.78. The summed E-state index contributed by atoms with van der Waals surface area (Å²) in [5.74, 6) is 0. The summed E-state index contributed by atoms with van der Waals surface area (Å²) < 4.78 is 0. The number of hydrogen-bond donors (Lipinski definition) is 1. The first-order chi connectivity index (χ1) is 10.0. The molecular weight excluding hydrogens is 256 g/mol. The predicted molar refractivity (Wildman–Crippen MR) is 85.6 cm³/mol. The average molecular weight is 278 g/mol. The van der Waals surface area contributed by atoms with Gasteiger partial charge in [-0.25, -0.2) is 0 Å². The molecule has 21 heavy (non-hydrogen) atoms. The van der Waals surface area contributed by atoms with Crippen molar-refractivity contribution in [2.45, 2.75) is 50.0 Å². The summed E-state index contributed by atoms with van der Waals surface area (Å²) in [6, 6.07) is 17.2. The Morgan fingerprint density at radius 3 is 1.38 bits per heavy atom. The molecule has 0 fully saturated rings. The molecule has 0 radical (unpaired) electrons. The molecule has 108 valence electrons. The lowest BCUT2D eigenvalue weighted by Gasteiger charge is -2.41. The number of aliphatic hydroxyl groups is 1. The van der Waals surface area contributed by atoms with Gasteiger partial charge < -0.3 is 5.11 Å². The van der Waals surface area contributed by atoms with Crippen LogP contribution in [-0.2, 0) is 10.8 Å². The second-order valence-corrected chi connectivity index (χ2v) is 6.95. The fourth-order valence-electron chi connectivity index (χ4n) is 5.25. The lowest BCUT2D eigenvalue weighted by Crippen LogP contribution is -2.51. The van der Waals surface area contributed by atoms with Gasteiger partial charge in [-0.3, -0.25) is 0 Å². The Kier molecular flexibility index (Phi) is 2.35. The molecule has 0 unspecified atom stereocenters. The number of fused-ring (bicyclic) bond motifs is 8. The van der Waals surface area contributed by atoms with Crippen molar-refractivity contribution >= 4 is 0 Å². The summed E-state index contributed by atoms with van der Waals surface area (Å²) >= 11 is 0. The van der Waals surface area contributed by atoms with E-state index < -0.39 is 5.60 Å². The minimum Gasteiger partial charge on any atom is -0.387 e. The Morgan fingerprint density at radius 1 is 0.762 bits per heavy atom. The molecule has 1 nitrogen and oxygen atoms in total. The van der Waals surface area contributed by atoms with Gasteiger partial charge in [-0.05, 0) is 42.5 Å². The molecule has 0 amide bonds. The Morgan fingerprint density at radius 2 is 1.10 bits per heavy atom. The quantitative estimate of drug-likeness (QED) is 0.874. The van der Waals surface area contributed by atoms with Crippen molar-refractivity contribution in [2.75, 3.05) is 0 Å². The molecule has 2 aromatic carbocycles. The molecule has 0 saturated heterocycles. The number of rotatable bonds is 2. The Labute approximate surface area is 126 Å². The lowest BCUT2D eigenvalue weighted by atomic mass is 9.67. The molecule has 4 rings (SSSR count). The maximum atomic E-state index is 11.9. The average Bonchev–Trinajstić information content (AvgIpc) is 2.76. The smallest absolute Gasteiger partial charge is 0.0915 e. The van der Waals surface area contributed by atoms with Crippen molar-refractivity contribution in [1.82, 2.24) is 0 Å². The van der Waals surface area contributed by atoms with Gasteiger partial charge in [0.05, 0.1) is 5.60 Å². The molecule has 0 saturated carbocycles. The van der Waals surface area contributed by atoms with Crippen LogP contribution in [0.5, 0.6) is 0 Å². The Bertz CT molecular complexity index is 625. The molecule has 1 N–H and O–H groups in total. The van der Waals surface area contributed by atoms with Crippen LogP contribution in [0.15, 0.2) is 48.5 Å². The monoisotopic (exact) mass is 278 g/mol. The zero-order chi connectivity index (χ0) is 14.9. The zero-order valence-corrected chi connectivity index (χ0v) is 13.0. The van der Waals surface area contributed by atoms with Gasteiger partial charge in [-0.1, -0.05) is 61.9 Å². The molecular formula is C20H22O. The third-order valence-corrected chi connectivity index (χ3v) is 6.27. The van der Waals surface area contributed by atoms with Crippen LogP contribution in [0.4, 0.5) is 0 Å². The van der Waals surface area contributed by atoms with Gasteiger partial charge in [0.1, 0.15) is 0 Å². The topological polar surface area (TPSA) is 20.2 Å². The highest BCUT2D eigenvalue weighted by Gasteiger charge is 2.71. The van der Waals surface area contributed by atoms with E-state index in [-0.39, 0.29) is 10.8 Å². The zero-order valence-electron chi connectivity index (χ0n) is 13.0. The molecule has 2 aliphatic carbocycles. The van der Waals surface area contributed by atoms with Crippen LogP contribution in [-0.4, -0.2) is 10.7 Å². The van der Waals surface area contributed by atoms with E-state index in [1.165, 1.54) is 22.3 Å². The molecule has 1 heteroatoms. The van der Waals surface area contributed by atoms with Crippen molar-refractivity contribution in [1.29, 1.82) is 0 Å². The first kappa shape index (κ1) is 13.1. The standard InChI is InChI=1S/C20H22O/c1-4-13-20(21)18(2)14-9-5-7-11-16(14)19(20,3)17-12-8-6-10-15(17)18/h5-12,21H,4,13H2,1-3H3. The predicted octanol–water partition coefficient (Wildman–Crippen LogP) is 4.16. The summed E-state index contributed by atoms with van der Waals surface area (Å²) in [6.45, 7) is 6.63. The molecule has 0 atom stereocenters. The van der Waals surface area contributed by atoms with E-state index in [2.05, 4.69) is 69.3 Å². The van der Waals surface area contributed by atoms with Crippen LogP contribution >= 0.6 is 0 Å². The minimum atomic E-state index is -0.734. The van der Waals surface area contributed by atoms with E-state index in [0.29, 0.717) is 0 Å². The van der Waals surface area contributed by atoms with E-state index in [4.69, 9.17) is 0 Å². The Balaban J connectivity index is 2.15.